The number of hydrogen-bond acceptors (Lipinski definition) is 3. The molecular weight excluding hydrogens is 282 g/mol. The molecular formula is C17H24ClN3. The van der Waals surface area contributed by atoms with Gasteiger partial charge in [-0.3, -0.25) is 0 Å². The molecule has 2 aromatic rings. The van der Waals surface area contributed by atoms with E-state index in [9.17, 15) is 0 Å². The van der Waals surface area contributed by atoms with E-state index in [1.54, 1.807) is 0 Å². The summed E-state index contributed by atoms with van der Waals surface area (Å²) in [5.41, 5.74) is 15.2. The van der Waals surface area contributed by atoms with Crippen molar-refractivity contribution in [2.24, 2.45) is 11.5 Å². The fourth-order valence-corrected chi connectivity index (χ4v) is 2.15. The van der Waals surface area contributed by atoms with Crippen molar-refractivity contribution in [1.29, 1.82) is 0 Å². The molecule has 0 fully saturated rings. The minimum absolute atomic E-state index is 0. The number of anilines is 1. The van der Waals surface area contributed by atoms with Gasteiger partial charge < -0.3 is 16.8 Å². The molecule has 0 saturated heterocycles. The van der Waals surface area contributed by atoms with Crippen molar-refractivity contribution >= 4 is 18.1 Å². The molecule has 0 heterocycles. The quantitative estimate of drug-likeness (QED) is 0.734. The zero-order chi connectivity index (χ0) is 14.2. The molecule has 0 unspecified atom stereocenters. The van der Waals surface area contributed by atoms with Gasteiger partial charge in [-0.2, -0.15) is 0 Å². The predicted molar refractivity (Wildman–Crippen MR) is 92.7 cm³/mol. The minimum Gasteiger partial charge on any atom is -0.381 e. The number of nitrogens with two attached hydrogens (primary N) is 2. The highest BCUT2D eigenvalue weighted by atomic mass is 35.5. The lowest BCUT2D eigenvalue weighted by Crippen LogP contribution is -2.12. The summed E-state index contributed by atoms with van der Waals surface area (Å²) in [6, 6.07) is 18.8. The lowest BCUT2D eigenvalue weighted by Gasteiger charge is -2.13. The number of hydrogen-bond donors (Lipinski definition) is 3. The molecule has 114 valence electrons. The summed E-state index contributed by atoms with van der Waals surface area (Å²) in [6.45, 7) is 1.53. The summed E-state index contributed by atoms with van der Waals surface area (Å²) in [5, 5.41) is 3.41. The van der Waals surface area contributed by atoms with Crippen LogP contribution in [0.15, 0.2) is 54.6 Å². The first-order chi connectivity index (χ1) is 9.79. The first-order valence-corrected chi connectivity index (χ1v) is 7.13. The second-order valence-electron chi connectivity index (χ2n) is 5.00. The van der Waals surface area contributed by atoms with Crippen LogP contribution in [0.3, 0.4) is 0 Å². The van der Waals surface area contributed by atoms with E-state index in [4.69, 9.17) is 11.5 Å². The van der Waals surface area contributed by atoms with Gasteiger partial charge in [0, 0.05) is 18.3 Å². The summed E-state index contributed by atoms with van der Waals surface area (Å²) in [7, 11) is 0. The second kappa shape index (κ2) is 9.40. The van der Waals surface area contributed by atoms with Gasteiger partial charge in [0.25, 0.3) is 0 Å². The van der Waals surface area contributed by atoms with Gasteiger partial charge in [0.1, 0.15) is 0 Å². The van der Waals surface area contributed by atoms with Crippen molar-refractivity contribution in [1.82, 2.24) is 0 Å². The van der Waals surface area contributed by atoms with Crippen molar-refractivity contribution in [2.75, 3.05) is 11.9 Å². The topological polar surface area (TPSA) is 64.1 Å². The van der Waals surface area contributed by atoms with Gasteiger partial charge in [-0.1, -0.05) is 42.5 Å². The van der Waals surface area contributed by atoms with Crippen molar-refractivity contribution in [3.05, 3.63) is 65.7 Å². The second-order valence-corrected chi connectivity index (χ2v) is 5.00. The predicted octanol–water partition coefficient (Wildman–Crippen LogP) is 3.46. The third kappa shape index (κ3) is 5.76. The molecule has 1 atom stereocenters. The summed E-state index contributed by atoms with van der Waals surface area (Å²) in [6.07, 6.45) is 1.91. The maximum absolute atomic E-state index is 6.12. The van der Waals surface area contributed by atoms with Crippen LogP contribution >= 0.6 is 12.4 Å². The van der Waals surface area contributed by atoms with Crippen LogP contribution in [0, 0.1) is 0 Å². The molecule has 0 saturated carbocycles. The van der Waals surface area contributed by atoms with Gasteiger partial charge in [0.2, 0.25) is 0 Å². The molecule has 0 bridgehead atoms. The van der Waals surface area contributed by atoms with Crippen LogP contribution in [0.25, 0.3) is 0 Å². The number of benzene rings is 2. The Kier molecular flexibility index (Phi) is 7.83. The Balaban J connectivity index is 0.00000220. The fourth-order valence-electron chi connectivity index (χ4n) is 2.15. The van der Waals surface area contributed by atoms with Gasteiger partial charge in [0.15, 0.2) is 0 Å². The Morgan fingerprint density at radius 1 is 0.952 bits per heavy atom. The molecule has 0 aliphatic carbocycles. The highest BCUT2D eigenvalue weighted by Gasteiger charge is 2.04. The first-order valence-electron chi connectivity index (χ1n) is 7.13. The van der Waals surface area contributed by atoms with E-state index in [0.717, 1.165) is 25.1 Å². The molecule has 0 amide bonds. The van der Waals surface area contributed by atoms with Crippen molar-refractivity contribution in [2.45, 2.75) is 25.4 Å². The highest BCUT2D eigenvalue weighted by Crippen LogP contribution is 2.18. The van der Waals surface area contributed by atoms with Crippen LogP contribution in [-0.4, -0.2) is 6.54 Å². The molecule has 0 spiro atoms. The van der Waals surface area contributed by atoms with E-state index in [1.165, 1.54) is 11.1 Å². The van der Waals surface area contributed by atoms with E-state index in [2.05, 4.69) is 53.8 Å². The molecule has 0 aliphatic rings. The number of rotatable bonds is 7. The smallest absolute Gasteiger partial charge is 0.0400 e. The van der Waals surface area contributed by atoms with Crippen LogP contribution in [0.5, 0.6) is 0 Å². The Labute approximate surface area is 133 Å². The van der Waals surface area contributed by atoms with Crippen LogP contribution in [-0.2, 0) is 6.54 Å². The Bertz CT molecular complexity index is 499. The van der Waals surface area contributed by atoms with Gasteiger partial charge in [0.05, 0.1) is 0 Å². The summed E-state index contributed by atoms with van der Waals surface area (Å²) in [5.74, 6) is 0. The molecule has 2 rings (SSSR count). The average molecular weight is 306 g/mol. The summed E-state index contributed by atoms with van der Waals surface area (Å²) in [4.78, 5) is 0. The molecule has 2 aromatic carbocycles. The number of halogens is 1. The lowest BCUT2D eigenvalue weighted by molar-refractivity contribution is 0.618. The van der Waals surface area contributed by atoms with Gasteiger partial charge in [-0.05, 0) is 42.6 Å². The van der Waals surface area contributed by atoms with Gasteiger partial charge in [-0.25, -0.2) is 0 Å². The van der Waals surface area contributed by atoms with Crippen molar-refractivity contribution in [3.63, 3.8) is 0 Å². The molecule has 0 aromatic heterocycles. The van der Waals surface area contributed by atoms with Crippen LogP contribution < -0.4 is 16.8 Å². The average Bonchev–Trinajstić information content (AvgIpc) is 2.52. The molecule has 0 aliphatic heterocycles. The molecule has 4 heteroatoms. The SMILES string of the molecule is Cl.NCCC[C@@H](N)c1ccc(NCc2ccccc2)cc1. The summed E-state index contributed by atoms with van der Waals surface area (Å²) >= 11 is 0. The van der Waals surface area contributed by atoms with Crippen molar-refractivity contribution in [3.8, 4) is 0 Å². The van der Waals surface area contributed by atoms with E-state index in [1.807, 2.05) is 6.07 Å². The molecule has 0 radical (unpaired) electrons. The largest absolute Gasteiger partial charge is 0.381 e. The van der Waals surface area contributed by atoms with E-state index >= 15 is 0 Å². The zero-order valence-corrected chi connectivity index (χ0v) is 13.0. The summed E-state index contributed by atoms with van der Waals surface area (Å²) < 4.78 is 0. The maximum atomic E-state index is 6.12. The Morgan fingerprint density at radius 3 is 2.24 bits per heavy atom. The number of nitrogens with one attached hydrogen (secondary N) is 1. The van der Waals surface area contributed by atoms with Gasteiger partial charge in [-0.15, -0.1) is 12.4 Å². The van der Waals surface area contributed by atoms with Crippen LogP contribution in [0.2, 0.25) is 0 Å². The van der Waals surface area contributed by atoms with E-state index < -0.39 is 0 Å². The Morgan fingerprint density at radius 2 is 1.62 bits per heavy atom. The van der Waals surface area contributed by atoms with Crippen molar-refractivity contribution < 1.29 is 0 Å². The standard InChI is InChI=1S/C17H23N3.ClH/c18-12-4-7-17(19)15-8-10-16(11-9-15)20-13-14-5-2-1-3-6-14;/h1-3,5-6,8-11,17,20H,4,7,12-13,18-19H2;1H/t17-;/m1./s1. The molecule has 21 heavy (non-hydrogen) atoms. The van der Waals surface area contributed by atoms with Crippen LogP contribution in [0.4, 0.5) is 5.69 Å². The van der Waals surface area contributed by atoms with Crippen LogP contribution in [0.1, 0.15) is 30.0 Å². The third-order valence-corrected chi connectivity index (χ3v) is 3.40. The van der Waals surface area contributed by atoms with E-state index in [0.29, 0.717) is 6.54 Å². The van der Waals surface area contributed by atoms with Gasteiger partial charge >= 0.3 is 0 Å². The monoisotopic (exact) mass is 305 g/mol. The third-order valence-electron chi connectivity index (χ3n) is 3.40. The minimum atomic E-state index is 0. The molecule has 5 N–H and O–H groups in total. The molecule has 3 nitrogen and oxygen atoms in total. The van der Waals surface area contributed by atoms with E-state index in [-0.39, 0.29) is 18.4 Å². The fraction of sp³-hybridized carbons (Fsp3) is 0.294. The Hall–Kier alpha value is -1.55. The maximum Gasteiger partial charge on any atom is 0.0400 e. The zero-order valence-electron chi connectivity index (χ0n) is 12.2. The first kappa shape index (κ1) is 17.5. The normalized spacial score (nSPS) is 11.5. The highest BCUT2D eigenvalue weighted by molar-refractivity contribution is 5.85. The lowest BCUT2D eigenvalue weighted by atomic mass is 10.0.